The number of carbonyl (C=O) groups is 1. The zero-order valence-electron chi connectivity index (χ0n) is 19.7. The molecule has 178 valence electrons. The van der Waals surface area contributed by atoms with Gasteiger partial charge in [0.05, 0.1) is 27.6 Å². The molecule has 1 aromatic heterocycles. The molecule has 0 bridgehead atoms. The maximum absolute atomic E-state index is 13.2. The highest BCUT2D eigenvalue weighted by Gasteiger charge is 2.33. The van der Waals surface area contributed by atoms with Gasteiger partial charge < -0.3 is 4.57 Å². The van der Waals surface area contributed by atoms with E-state index in [-0.39, 0.29) is 17.3 Å². The first-order chi connectivity index (χ1) is 16.2. The summed E-state index contributed by atoms with van der Waals surface area (Å²) in [5.74, 6) is 2.26. The number of piperidine rings is 1. The van der Waals surface area contributed by atoms with E-state index in [2.05, 4.69) is 36.9 Å². The molecule has 1 atom stereocenters. The summed E-state index contributed by atoms with van der Waals surface area (Å²) < 4.78 is 30.6. The van der Waals surface area contributed by atoms with Crippen molar-refractivity contribution in [2.75, 3.05) is 13.1 Å². The number of sulfonamides is 1. The Morgan fingerprint density at radius 3 is 2.65 bits per heavy atom. The standard InChI is InChI=1S/C26H29N3O3S2/c1-5-14-29-23-13-10-20(18(2)3)16-24(23)33-26(29)27-25(30)21-7-6-15-28(17-21)34(31,32)22-11-8-19(4)9-12-22/h1,8-13,16,18,21H,6-7,14-15,17H2,2-4H3. The number of carbonyl (C=O) groups excluding carboxylic acids is 1. The number of nitrogens with zero attached hydrogens (tertiary/aromatic N) is 3. The Bertz CT molecular complexity index is 1420. The molecule has 3 aromatic rings. The number of aryl methyl sites for hydroxylation is 1. The minimum atomic E-state index is -3.66. The maximum atomic E-state index is 13.2. The lowest BCUT2D eigenvalue weighted by molar-refractivity contribution is -0.122. The molecule has 1 amide bonds. The Kier molecular flexibility index (Phi) is 7.08. The molecule has 8 heteroatoms. The third-order valence-electron chi connectivity index (χ3n) is 6.22. The SMILES string of the molecule is C#CCn1c(=NC(=O)C2CCCN(S(=O)(=O)c3ccc(C)cc3)C2)sc2cc(C(C)C)ccc21. The van der Waals surface area contributed by atoms with Crippen LogP contribution in [0.4, 0.5) is 0 Å². The van der Waals surface area contributed by atoms with Gasteiger partial charge in [0.1, 0.15) is 0 Å². The Labute approximate surface area is 205 Å². The summed E-state index contributed by atoms with van der Waals surface area (Å²) in [7, 11) is -3.66. The van der Waals surface area contributed by atoms with E-state index in [0.717, 1.165) is 15.8 Å². The molecule has 0 N–H and O–H groups in total. The van der Waals surface area contributed by atoms with E-state index in [0.29, 0.717) is 36.7 Å². The van der Waals surface area contributed by atoms with Crippen molar-refractivity contribution in [1.29, 1.82) is 0 Å². The molecule has 1 saturated heterocycles. The quantitative estimate of drug-likeness (QED) is 0.496. The molecule has 6 nitrogen and oxygen atoms in total. The second-order valence-corrected chi connectivity index (χ2v) is 12.0. The summed E-state index contributed by atoms with van der Waals surface area (Å²) in [5, 5.41) is 0. The van der Waals surface area contributed by atoms with Gasteiger partial charge in [0.2, 0.25) is 10.0 Å². The van der Waals surface area contributed by atoms with Gasteiger partial charge in [0.15, 0.2) is 4.80 Å². The monoisotopic (exact) mass is 495 g/mol. The van der Waals surface area contributed by atoms with Crippen molar-refractivity contribution in [3.63, 3.8) is 0 Å². The Morgan fingerprint density at radius 1 is 1.24 bits per heavy atom. The van der Waals surface area contributed by atoms with Crippen LogP contribution in [0.25, 0.3) is 10.2 Å². The molecular formula is C26H29N3O3S2. The van der Waals surface area contributed by atoms with Crippen LogP contribution in [0.1, 0.15) is 43.7 Å². The average molecular weight is 496 g/mol. The summed E-state index contributed by atoms with van der Waals surface area (Å²) in [4.78, 5) is 18.4. The van der Waals surface area contributed by atoms with Gasteiger partial charge in [-0.2, -0.15) is 9.30 Å². The molecule has 2 heterocycles. The Hall–Kier alpha value is -2.73. The first-order valence-electron chi connectivity index (χ1n) is 11.4. The molecule has 34 heavy (non-hydrogen) atoms. The highest BCUT2D eigenvalue weighted by atomic mass is 32.2. The Morgan fingerprint density at radius 2 is 1.97 bits per heavy atom. The van der Waals surface area contributed by atoms with Crippen molar-refractivity contribution in [3.8, 4) is 12.3 Å². The van der Waals surface area contributed by atoms with Crippen LogP contribution in [-0.4, -0.2) is 36.3 Å². The van der Waals surface area contributed by atoms with E-state index in [9.17, 15) is 13.2 Å². The lowest BCUT2D eigenvalue weighted by Crippen LogP contribution is -2.42. The number of thiazole rings is 1. The van der Waals surface area contributed by atoms with Crippen molar-refractivity contribution >= 4 is 37.5 Å². The van der Waals surface area contributed by atoms with Crippen molar-refractivity contribution in [1.82, 2.24) is 8.87 Å². The van der Waals surface area contributed by atoms with Gasteiger partial charge in [-0.3, -0.25) is 4.79 Å². The van der Waals surface area contributed by atoms with E-state index >= 15 is 0 Å². The first-order valence-corrected chi connectivity index (χ1v) is 13.7. The third-order valence-corrected chi connectivity index (χ3v) is 9.14. The molecule has 0 saturated carbocycles. The third kappa shape index (κ3) is 4.88. The second-order valence-electron chi connectivity index (χ2n) is 9.02. The number of benzene rings is 2. The normalized spacial score (nSPS) is 17.9. The minimum absolute atomic E-state index is 0.135. The minimum Gasteiger partial charge on any atom is -0.305 e. The zero-order chi connectivity index (χ0) is 24.5. The number of terminal acetylenes is 1. The van der Waals surface area contributed by atoms with Gasteiger partial charge in [0, 0.05) is 13.1 Å². The highest BCUT2D eigenvalue weighted by Crippen LogP contribution is 2.26. The average Bonchev–Trinajstić information content (AvgIpc) is 3.15. The molecular weight excluding hydrogens is 466 g/mol. The molecule has 2 aromatic carbocycles. The lowest BCUT2D eigenvalue weighted by Gasteiger charge is -2.30. The number of fused-ring (bicyclic) bond motifs is 1. The fourth-order valence-corrected chi connectivity index (χ4v) is 6.79. The number of aromatic nitrogens is 1. The Balaban J connectivity index is 1.64. The van der Waals surface area contributed by atoms with Crippen LogP contribution in [0.5, 0.6) is 0 Å². The molecule has 0 radical (unpaired) electrons. The van der Waals surface area contributed by atoms with E-state index < -0.39 is 15.9 Å². The van der Waals surface area contributed by atoms with Crippen LogP contribution in [0.15, 0.2) is 52.4 Å². The predicted molar refractivity (Wildman–Crippen MR) is 136 cm³/mol. The molecule has 1 unspecified atom stereocenters. The largest absolute Gasteiger partial charge is 0.305 e. The molecule has 1 aliphatic rings. The van der Waals surface area contributed by atoms with Crippen LogP contribution in [0.3, 0.4) is 0 Å². The predicted octanol–water partition coefficient (Wildman–Crippen LogP) is 4.30. The van der Waals surface area contributed by atoms with Crippen LogP contribution in [0, 0.1) is 25.2 Å². The fraction of sp³-hybridized carbons (Fsp3) is 0.385. The molecule has 1 fully saturated rings. The van der Waals surface area contributed by atoms with Crippen molar-refractivity contribution in [2.45, 2.75) is 51.0 Å². The van der Waals surface area contributed by atoms with E-state index in [1.165, 1.54) is 21.2 Å². The van der Waals surface area contributed by atoms with E-state index in [1.807, 2.05) is 17.6 Å². The van der Waals surface area contributed by atoms with Gasteiger partial charge in [0.25, 0.3) is 5.91 Å². The topological polar surface area (TPSA) is 71.7 Å². The summed E-state index contributed by atoms with van der Waals surface area (Å²) in [6.45, 7) is 7.04. The van der Waals surface area contributed by atoms with Crippen molar-refractivity contribution in [3.05, 3.63) is 58.4 Å². The smallest absolute Gasteiger partial charge is 0.252 e. The molecule has 0 spiro atoms. The van der Waals surface area contributed by atoms with Crippen LogP contribution in [-0.2, 0) is 21.4 Å². The zero-order valence-corrected chi connectivity index (χ0v) is 21.3. The number of amides is 1. The van der Waals surface area contributed by atoms with Crippen molar-refractivity contribution < 1.29 is 13.2 Å². The van der Waals surface area contributed by atoms with Gasteiger partial charge >= 0.3 is 0 Å². The number of hydrogen-bond acceptors (Lipinski definition) is 4. The van der Waals surface area contributed by atoms with Crippen LogP contribution in [0.2, 0.25) is 0 Å². The summed E-state index contributed by atoms with van der Waals surface area (Å²) in [5.41, 5.74) is 3.16. The van der Waals surface area contributed by atoms with E-state index in [1.54, 1.807) is 24.3 Å². The van der Waals surface area contributed by atoms with Crippen LogP contribution < -0.4 is 4.80 Å². The van der Waals surface area contributed by atoms with Crippen molar-refractivity contribution in [2.24, 2.45) is 10.9 Å². The highest BCUT2D eigenvalue weighted by molar-refractivity contribution is 7.89. The summed E-state index contributed by atoms with van der Waals surface area (Å²) >= 11 is 1.44. The van der Waals surface area contributed by atoms with Gasteiger partial charge in [-0.25, -0.2) is 8.42 Å². The van der Waals surface area contributed by atoms with Crippen LogP contribution >= 0.6 is 11.3 Å². The lowest BCUT2D eigenvalue weighted by atomic mass is 9.99. The number of hydrogen-bond donors (Lipinski definition) is 0. The summed E-state index contributed by atoms with van der Waals surface area (Å²) in [6.07, 6.45) is 6.82. The van der Waals surface area contributed by atoms with Gasteiger partial charge in [-0.1, -0.05) is 54.9 Å². The van der Waals surface area contributed by atoms with E-state index in [4.69, 9.17) is 6.42 Å². The maximum Gasteiger partial charge on any atom is 0.252 e. The summed E-state index contributed by atoms with van der Waals surface area (Å²) in [6, 6.07) is 13.0. The second kappa shape index (κ2) is 9.87. The molecule has 0 aliphatic carbocycles. The van der Waals surface area contributed by atoms with Gasteiger partial charge in [-0.05, 0) is 55.5 Å². The molecule has 4 rings (SSSR count). The fourth-order valence-electron chi connectivity index (χ4n) is 4.19. The van der Waals surface area contributed by atoms with Gasteiger partial charge in [-0.15, -0.1) is 6.42 Å². The first kappa shape index (κ1) is 24.4. The number of rotatable bonds is 5. The molecule has 1 aliphatic heterocycles.